The van der Waals surface area contributed by atoms with Gasteiger partial charge in [-0.3, -0.25) is 4.57 Å². The summed E-state index contributed by atoms with van der Waals surface area (Å²) in [5.41, 5.74) is 3.75. The highest BCUT2D eigenvalue weighted by Crippen LogP contribution is 2.27. The summed E-state index contributed by atoms with van der Waals surface area (Å²) >= 11 is 1.68. The van der Waals surface area contributed by atoms with E-state index in [2.05, 4.69) is 59.5 Å². The minimum atomic E-state index is -0.200. The van der Waals surface area contributed by atoms with Crippen molar-refractivity contribution >= 4 is 11.8 Å². The van der Waals surface area contributed by atoms with Crippen LogP contribution in [0.4, 0.5) is 0 Å². The van der Waals surface area contributed by atoms with Gasteiger partial charge in [-0.15, -0.1) is 16.8 Å². The van der Waals surface area contributed by atoms with Crippen LogP contribution in [-0.2, 0) is 12.3 Å². The summed E-state index contributed by atoms with van der Waals surface area (Å²) in [6.07, 6.45) is 1.66. The van der Waals surface area contributed by atoms with Crippen molar-refractivity contribution in [2.75, 3.05) is 0 Å². The van der Waals surface area contributed by atoms with Gasteiger partial charge in [-0.05, 0) is 38.5 Å². The minimum Gasteiger partial charge on any atom is -0.483 e. The van der Waals surface area contributed by atoms with Gasteiger partial charge in [-0.25, -0.2) is 0 Å². The van der Waals surface area contributed by atoms with Crippen LogP contribution in [0, 0.1) is 13.8 Å². The van der Waals surface area contributed by atoms with Crippen molar-refractivity contribution in [2.24, 2.45) is 0 Å². The summed E-state index contributed by atoms with van der Waals surface area (Å²) < 4.78 is 8.14. The Hall–Kier alpha value is -2.53. The minimum absolute atomic E-state index is 0.200. The number of benzene rings is 2. The van der Waals surface area contributed by atoms with Crippen LogP contribution in [-0.4, -0.2) is 14.8 Å². The summed E-state index contributed by atoms with van der Waals surface area (Å²) in [5.74, 6) is 2.49. The van der Waals surface area contributed by atoms with Crippen molar-refractivity contribution in [1.82, 2.24) is 14.8 Å². The Morgan fingerprint density at radius 3 is 2.59 bits per heavy atom. The molecule has 0 spiro atoms. The topological polar surface area (TPSA) is 39.9 Å². The first-order chi connectivity index (χ1) is 13.1. The van der Waals surface area contributed by atoms with Crippen molar-refractivity contribution in [1.29, 1.82) is 0 Å². The SMILES string of the molecule is C=CCn1c(SCc2cccc(C)c2)nnc1C(C)Oc1ccc(C)cc1. The number of hydrogen-bond acceptors (Lipinski definition) is 4. The molecule has 1 heterocycles. The Kier molecular flexibility index (Phi) is 6.35. The molecule has 140 valence electrons. The van der Waals surface area contributed by atoms with E-state index in [0.29, 0.717) is 6.54 Å². The number of rotatable bonds is 8. The third-order valence-electron chi connectivity index (χ3n) is 4.20. The largest absolute Gasteiger partial charge is 0.483 e. The lowest BCUT2D eigenvalue weighted by molar-refractivity contribution is 0.210. The highest BCUT2D eigenvalue weighted by Gasteiger charge is 2.19. The second kappa shape index (κ2) is 8.91. The molecule has 27 heavy (non-hydrogen) atoms. The van der Waals surface area contributed by atoms with Crippen LogP contribution < -0.4 is 4.74 Å². The van der Waals surface area contributed by atoms with Gasteiger partial charge < -0.3 is 4.74 Å². The monoisotopic (exact) mass is 379 g/mol. The van der Waals surface area contributed by atoms with E-state index in [9.17, 15) is 0 Å². The van der Waals surface area contributed by atoms with E-state index in [-0.39, 0.29) is 6.10 Å². The fraction of sp³-hybridized carbons (Fsp3) is 0.273. The maximum atomic E-state index is 6.07. The molecule has 0 aliphatic heterocycles. The highest BCUT2D eigenvalue weighted by atomic mass is 32.2. The van der Waals surface area contributed by atoms with Crippen LogP contribution in [0.15, 0.2) is 66.3 Å². The smallest absolute Gasteiger partial charge is 0.191 e. The van der Waals surface area contributed by atoms with Crippen molar-refractivity contribution in [3.63, 3.8) is 0 Å². The van der Waals surface area contributed by atoms with Crippen LogP contribution >= 0.6 is 11.8 Å². The molecule has 3 rings (SSSR count). The fourth-order valence-electron chi connectivity index (χ4n) is 2.83. The van der Waals surface area contributed by atoms with Gasteiger partial charge in [0.2, 0.25) is 0 Å². The van der Waals surface area contributed by atoms with E-state index >= 15 is 0 Å². The molecule has 4 nitrogen and oxygen atoms in total. The van der Waals surface area contributed by atoms with Gasteiger partial charge in [0.25, 0.3) is 0 Å². The number of allylic oxidation sites excluding steroid dienone is 1. The standard InChI is InChI=1S/C22H25N3OS/c1-5-13-25-21(18(4)26-20-11-9-16(2)10-12-20)23-24-22(25)27-15-19-8-6-7-17(3)14-19/h5-12,14,18H,1,13,15H2,2-4H3. The number of thioether (sulfide) groups is 1. The zero-order chi connectivity index (χ0) is 19.2. The van der Waals surface area contributed by atoms with E-state index < -0.39 is 0 Å². The maximum Gasteiger partial charge on any atom is 0.191 e. The summed E-state index contributed by atoms with van der Waals surface area (Å²) in [6.45, 7) is 10.7. The summed E-state index contributed by atoms with van der Waals surface area (Å²) in [4.78, 5) is 0. The van der Waals surface area contributed by atoms with Gasteiger partial charge in [-0.2, -0.15) is 0 Å². The van der Waals surface area contributed by atoms with Crippen molar-refractivity contribution in [3.8, 4) is 5.75 Å². The average Bonchev–Trinajstić information content (AvgIpc) is 3.05. The molecule has 0 radical (unpaired) electrons. The predicted molar refractivity (Wildman–Crippen MR) is 111 cm³/mol. The lowest BCUT2D eigenvalue weighted by Crippen LogP contribution is -2.12. The summed E-state index contributed by atoms with van der Waals surface area (Å²) in [7, 11) is 0. The van der Waals surface area contributed by atoms with Crippen LogP contribution in [0.5, 0.6) is 5.75 Å². The molecular weight excluding hydrogens is 354 g/mol. The molecule has 0 saturated carbocycles. The molecular formula is C22H25N3OS. The Labute approximate surface area is 165 Å². The van der Waals surface area contributed by atoms with E-state index in [4.69, 9.17) is 4.74 Å². The van der Waals surface area contributed by atoms with Crippen LogP contribution in [0.3, 0.4) is 0 Å². The zero-order valence-corrected chi connectivity index (χ0v) is 16.9. The lowest BCUT2D eigenvalue weighted by Gasteiger charge is -2.16. The molecule has 0 bridgehead atoms. The van der Waals surface area contributed by atoms with E-state index in [1.54, 1.807) is 11.8 Å². The van der Waals surface area contributed by atoms with Gasteiger partial charge in [-0.1, -0.05) is 65.4 Å². The van der Waals surface area contributed by atoms with Gasteiger partial charge in [0.05, 0.1) is 0 Å². The molecule has 5 heteroatoms. The number of hydrogen-bond donors (Lipinski definition) is 0. The average molecular weight is 380 g/mol. The predicted octanol–water partition coefficient (Wildman–Crippen LogP) is 5.51. The first-order valence-corrected chi connectivity index (χ1v) is 10.0. The molecule has 0 aliphatic carbocycles. The van der Waals surface area contributed by atoms with Crippen LogP contribution in [0.1, 0.15) is 35.5 Å². The maximum absolute atomic E-state index is 6.07. The Morgan fingerprint density at radius 1 is 1.11 bits per heavy atom. The zero-order valence-electron chi connectivity index (χ0n) is 16.1. The number of aromatic nitrogens is 3. The van der Waals surface area contributed by atoms with Gasteiger partial charge in [0.1, 0.15) is 5.75 Å². The molecule has 0 N–H and O–H groups in total. The van der Waals surface area contributed by atoms with E-state index in [1.807, 2.05) is 37.3 Å². The van der Waals surface area contributed by atoms with Crippen molar-refractivity contribution < 1.29 is 4.74 Å². The molecule has 0 aliphatic rings. The first-order valence-electron chi connectivity index (χ1n) is 9.02. The molecule has 0 fully saturated rings. The third-order valence-corrected chi connectivity index (χ3v) is 5.24. The number of ether oxygens (including phenoxy) is 1. The Bertz CT molecular complexity index is 902. The first kappa shape index (κ1) is 19.2. The number of nitrogens with zero attached hydrogens (tertiary/aromatic N) is 3. The van der Waals surface area contributed by atoms with Gasteiger partial charge >= 0.3 is 0 Å². The third kappa shape index (κ3) is 5.01. The molecule has 0 amide bonds. The fourth-order valence-corrected chi connectivity index (χ4v) is 3.73. The quantitative estimate of drug-likeness (QED) is 0.382. The summed E-state index contributed by atoms with van der Waals surface area (Å²) in [6, 6.07) is 16.6. The number of aryl methyl sites for hydroxylation is 2. The van der Waals surface area contributed by atoms with Crippen molar-refractivity contribution in [2.45, 2.75) is 44.3 Å². The highest BCUT2D eigenvalue weighted by molar-refractivity contribution is 7.98. The summed E-state index contributed by atoms with van der Waals surface area (Å²) in [5, 5.41) is 9.68. The second-order valence-electron chi connectivity index (χ2n) is 6.59. The molecule has 1 aromatic heterocycles. The van der Waals surface area contributed by atoms with Gasteiger partial charge in [0.15, 0.2) is 17.1 Å². The van der Waals surface area contributed by atoms with Crippen LogP contribution in [0.2, 0.25) is 0 Å². The van der Waals surface area contributed by atoms with Gasteiger partial charge in [0, 0.05) is 12.3 Å². The molecule has 0 saturated heterocycles. The molecule has 2 aromatic carbocycles. The Balaban J connectivity index is 1.75. The van der Waals surface area contributed by atoms with Crippen LogP contribution in [0.25, 0.3) is 0 Å². The van der Waals surface area contributed by atoms with Crippen molar-refractivity contribution in [3.05, 3.63) is 83.7 Å². The molecule has 1 unspecified atom stereocenters. The van der Waals surface area contributed by atoms with E-state index in [0.717, 1.165) is 22.5 Å². The lowest BCUT2D eigenvalue weighted by atomic mass is 10.2. The second-order valence-corrected chi connectivity index (χ2v) is 7.53. The Morgan fingerprint density at radius 2 is 1.89 bits per heavy atom. The molecule has 1 atom stereocenters. The molecule has 3 aromatic rings. The van der Waals surface area contributed by atoms with E-state index in [1.165, 1.54) is 16.7 Å². The normalized spacial score (nSPS) is 12.0.